The van der Waals surface area contributed by atoms with Crippen molar-refractivity contribution in [3.05, 3.63) is 0 Å². The lowest BCUT2D eigenvalue weighted by Gasteiger charge is -2.37. The van der Waals surface area contributed by atoms with Crippen LogP contribution in [0.5, 0.6) is 0 Å². The van der Waals surface area contributed by atoms with Crippen molar-refractivity contribution < 1.29 is 9.84 Å². The van der Waals surface area contributed by atoms with E-state index in [1.54, 1.807) is 0 Å². The van der Waals surface area contributed by atoms with E-state index in [4.69, 9.17) is 4.74 Å². The van der Waals surface area contributed by atoms with Crippen LogP contribution in [0.2, 0.25) is 0 Å². The highest BCUT2D eigenvalue weighted by atomic mass is 16.5. The van der Waals surface area contributed by atoms with Gasteiger partial charge in [0.25, 0.3) is 0 Å². The van der Waals surface area contributed by atoms with Gasteiger partial charge in [-0.25, -0.2) is 0 Å². The highest BCUT2D eigenvalue weighted by Gasteiger charge is 2.23. The smallest absolute Gasteiger partial charge is 0.0622 e. The molecule has 0 aromatic rings. The first-order chi connectivity index (χ1) is 7.67. The molecule has 0 aromatic carbocycles. The van der Waals surface area contributed by atoms with Crippen LogP contribution in [0, 0.1) is 0 Å². The first-order valence-corrected chi connectivity index (χ1v) is 6.36. The van der Waals surface area contributed by atoms with Crippen molar-refractivity contribution in [3.8, 4) is 0 Å². The minimum atomic E-state index is 0.173. The van der Waals surface area contributed by atoms with Crippen LogP contribution in [0.1, 0.15) is 27.2 Å². The van der Waals surface area contributed by atoms with Crippen molar-refractivity contribution in [3.63, 3.8) is 0 Å². The summed E-state index contributed by atoms with van der Waals surface area (Å²) in [5, 5.41) is 12.7. The minimum absolute atomic E-state index is 0.173. The number of morpholine rings is 1. The van der Waals surface area contributed by atoms with E-state index in [1.165, 1.54) is 0 Å². The van der Waals surface area contributed by atoms with Gasteiger partial charge < -0.3 is 15.2 Å². The van der Waals surface area contributed by atoms with Crippen molar-refractivity contribution in [1.29, 1.82) is 0 Å². The summed E-state index contributed by atoms with van der Waals surface area (Å²) in [6, 6.07) is 1.10. The molecule has 0 aliphatic carbocycles. The summed E-state index contributed by atoms with van der Waals surface area (Å²) in [6.45, 7) is 10.2. The van der Waals surface area contributed by atoms with Crippen LogP contribution in [0.25, 0.3) is 0 Å². The zero-order valence-corrected chi connectivity index (χ0v) is 10.8. The molecule has 0 spiro atoms. The van der Waals surface area contributed by atoms with E-state index in [0.29, 0.717) is 12.1 Å². The van der Waals surface area contributed by atoms with Gasteiger partial charge in [-0.2, -0.15) is 0 Å². The standard InChI is InChI=1S/C12H26N2O2/c1-4-12-9-16-6-5-14(12)7-11(8-15)13-10(2)3/h10-13,15H,4-9H2,1-3H3. The van der Waals surface area contributed by atoms with E-state index < -0.39 is 0 Å². The highest BCUT2D eigenvalue weighted by Crippen LogP contribution is 2.10. The monoisotopic (exact) mass is 230 g/mol. The van der Waals surface area contributed by atoms with Crippen LogP contribution in [0.3, 0.4) is 0 Å². The Hall–Kier alpha value is -0.160. The maximum atomic E-state index is 9.34. The van der Waals surface area contributed by atoms with E-state index in [-0.39, 0.29) is 12.6 Å². The van der Waals surface area contributed by atoms with Gasteiger partial charge in [-0.1, -0.05) is 20.8 Å². The van der Waals surface area contributed by atoms with Gasteiger partial charge in [0.1, 0.15) is 0 Å². The lowest BCUT2D eigenvalue weighted by atomic mass is 10.1. The van der Waals surface area contributed by atoms with E-state index in [1.807, 2.05) is 0 Å². The molecule has 96 valence electrons. The SMILES string of the molecule is CCC1COCCN1CC(CO)NC(C)C. The van der Waals surface area contributed by atoms with Gasteiger partial charge in [-0.15, -0.1) is 0 Å². The van der Waals surface area contributed by atoms with E-state index in [2.05, 4.69) is 31.0 Å². The van der Waals surface area contributed by atoms with Gasteiger partial charge in [0.05, 0.1) is 19.8 Å². The Labute approximate surface area is 99.0 Å². The van der Waals surface area contributed by atoms with Crippen LogP contribution in [0.15, 0.2) is 0 Å². The third-order valence-corrected chi connectivity index (χ3v) is 3.07. The summed E-state index contributed by atoms with van der Waals surface area (Å²) in [4.78, 5) is 2.43. The third-order valence-electron chi connectivity index (χ3n) is 3.07. The molecule has 4 heteroatoms. The second-order valence-corrected chi connectivity index (χ2v) is 4.83. The molecule has 1 aliphatic rings. The Morgan fingerprint density at radius 1 is 1.50 bits per heavy atom. The molecular weight excluding hydrogens is 204 g/mol. The van der Waals surface area contributed by atoms with Gasteiger partial charge in [0.2, 0.25) is 0 Å². The average Bonchev–Trinajstić information content (AvgIpc) is 2.28. The van der Waals surface area contributed by atoms with Gasteiger partial charge in [0, 0.05) is 31.2 Å². The molecule has 16 heavy (non-hydrogen) atoms. The number of ether oxygens (including phenoxy) is 1. The zero-order chi connectivity index (χ0) is 12.0. The number of hydrogen-bond donors (Lipinski definition) is 2. The third kappa shape index (κ3) is 4.37. The Bertz CT molecular complexity index is 188. The summed E-state index contributed by atoms with van der Waals surface area (Å²) in [7, 11) is 0. The molecule has 0 aromatic heterocycles. The molecule has 1 heterocycles. The first-order valence-electron chi connectivity index (χ1n) is 6.36. The van der Waals surface area contributed by atoms with E-state index in [9.17, 15) is 5.11 Å². The Morgan fingerprint density at radius 3 is 2.81 bits per heavy atom. The number of aliphatic hydroxyl groups excluding tert-OH is 1. The molecule has 1 rings (SSSR count). The number of nitrogens with zero attached hydrogens (tertiary/aromatic N) is 1. The molecule has 1 aliphatic heterocycles. The lowest BCUT2D eigenvalue weighted by Crippen LogP contribution is -2.53. The maximum Gasteiger partial charge on any atom is 0.0622 e. The van der Waals surface area contributed by atoms with Crippen molar-refractivity contribution in [1.82, 2.24) is 10.2 Å². The van der Waals surface area contributed by atoms with Gasteiger partial charge in [-0.3, -0.25) is 4.90 Å². The molecule has 0 radical (unpaired) electrons. The molecule has 2 N–H and O–H groups in total. The van der Waals surface area contributed by atoms with Gasteiger partial charge >= 0.3 is 0 Å². The number of hydrogen-bond acceptors (Lipinski definition) is 4. The molecule has 0 saturated carbocycles. The molecule has 2 unspecified atom stereocenters. The van der Waals surface area contributed by atoms with Crippen molar-refractivity contribution in [2.75, 3.05) is 32.9 Å². The second-order valence-electron chi connectivity index (χ2n) is 4.83. The highest BCUT2D eigenvalue weighted by molar-refractivity contribution is 4.80. The largest absolute Gasteiger partial charge is 0.395 e. The fraction of sp³-hybridized carbons (Fsp3) is 1.00. The average molecular weight is 230 g/mol. The summed E-state index contributed by atoms with van der Waals surface area (Å²) < 4.78 is 5.47. The van der Waals surface area contributed by atoms with Crippen molar-refractivity contribution >= 4 is 0 Å². The van der Waals surface area contributed by atoms with E-state index >= 15 is 0 Å². The van der Waals surface area contributed by atoms with Crippen molar-refractivity contribution in [2.24, 2.45) is 0 Å². The van der Waals surface area contributed by atoms with Crippen LogP contribution in [-0.4, -0.2) is 61.0 Å². The molecule has 0 amide bonds. The maximum absolute atomic E-state index is 9.34. The Balaban J connectivity index is 2.41. The van der Waals surface area contributed by atoms with Gasteiger partial charge in [0.15, 0.2) is 0 Å². The minimum Gasteiger partial charge on any atom is -0.395 e. The fourth-order valence-corrected chi connectivity index (χ4v) is 2.22. The van der Waals surface area contributed by atoms with Gasteiger partial charge in [-0.05, 0) is 6.42 Å². The summed E-state index contributed by atoms with van der Waals surface area (Å²) in [5.74, 6) is 0. The number of aliphatic hydroxyl groups is 1. The number of rotatable bonds is 6. The van der Waals surface area contributed by atoms with E-state index in [0.717, 1.165) is 32.7 Å². The summed E-state index contributed by atoms with van der Waals surface area (Å²) in [5.41, 5.74) is 0. The molecule has 4 nitrogen and oxygen atoms in total. The number of nitrogens with one attached hydrogen (secondary N) is 1. The second kappa shape index (κ2) is 7.22. The predicted molar refractivity (Wildman–Crippen MR) is 65.6 cm³/mol. The summed E-state index contributed by atoms with van der Waals surface area (Å²) in [6.07, 6.45) is 1.11. The lowest BCUT2D eigenvalue weighted by molar-refractivity contribution is -0.0156. The van der Waals surface area contributed by atoms with Crippen LogP contribution in [0.4, 0.5) is 0 Å². The Kier molecular flexibility index (Phi) is 6.28. The topological polar surface area (TPSA) is 44.7 Å². The molecule has 1 saturated heterocycles. The van der Waals surface area contributed by atoms with Crippen molar-refractivity contribution in [2.45, 2.75) is 45.3 Å². The Morgan fingerprint density at radius 2 is 2.25 bits per heavy atom. The van der Waals surface area contributed by atoms with Crippen LogP contribution < -0.4 is 5.32 Å². The summed E-state index contributed by atoms with van der Waals surface area (Å²) >= 11 is 0. The molecular formula is C12H26N2O2. The van der Waals surface area contributed by atoms with Crippen LogP contribution >= 0.6 is 0 Å². The van der Waals surface area contributed by atoms with Crippen LogP contribution in [-0.2, 0) is 4.74 Å². The first kappa shape index (κ1) is 13.9. The normalized spacial score (nSPS) is 24.9. The fourth-order valence-electron chi connectivity index (χ4n) is 2.22. The zero-order valence-electron chi connectivity index (χ0n) is 10.8. The molecule has 0 bridgehead atoms. The molecule has 2 atom stereocenters. The quantitative estimate of drug-likeness (QED) is 0.696. The molecule has 1 fully saturated rings. The predicted octanol–water partition coefficient (Wildman–Crippen LogP) is 0.456.